The zero-order valence-electron chi connectivity index (χ0n) is 18.4. The monoisotopic (exact) mass is 444 g/mol. The second-order valence-electron chi connectivity index (χ2n) is 7.18. The van der Waals surface area contributed by atoms with Gasteiger partial charge in [0.05, 0.1) is 0 Å². The molecule has 2 rings (SSSR count). The number of para-hydroxylation sites is 2. The molecule has 0 aromatic heterocycles. The van der Waals surface area contributed by atoms with Crippen LogP contribution < -0.4 is 16.0 Å². The summed E-state index contributed by atoms with van der Waals surface area (Å²) >= 11 is 0. The summed E-state index contributed by atoms with van der Waals surface area (Å²) in [5.41, 5.74) is 1.43. The molecule has 31 heavy (non-hydrogen) atoms. The van der Waals surface area contributed by atoms with Crippen LogP contribution in [0.2, 0.25) is 12.6 Å². The molecule has 0 saturated carbocycles. The normalized spacial score (nSPS) is 10.9. The average molecular weight is 445 g/mol. The summed E-state index contributed by atoms with van der Waals surface area (Å²) in [5, 5.41) is 8.47. The first kappa shape index (κ1) is 24.4. The molecule has 0 aliphatic carbocycles. The van der Waals surface area contributed by atoms with E-state index in [1.807, 2.05) is 67.2 Å². The van der Waals surface area contributed by atoms with Gasteiger partial charge in [0.15, 0.2) is 0 Å². The van der Waals surface area contributed by atoms with Gasteiger partial charge in [-0.3, -0.25) is 0 Å². The Morgan fingerprint density at radius 1 is 0.871 bits per heavy atom. The molecule has 0 heterocycles. The van der Waals surface area contributed by atoms with Crippen LogP contribution in [-0.4, -0.2) is 59.4 Å². The summed E-state index contributed by atoms with van der Waals surface area (Å²) in [5.74, 6) is 0. The van der Waals surface area contributed by atoms with Crippen LogP contribution in [-0.2, 0) is 8.85 Å². The Morgan fingerprint density at radius 3 is 1.97 bits per heavy atom. The van der Waals surface area contributed by atoms with Crippen LogP contribution in [0.5, 0.6) is 0 Å². The Bertz CT molecular complexity index is 804. The molecule has 9 heteroatoms. The van der Waals surface area contributed by atoms with Crippen LogP contribution in [0.1, 0.15) is 6.42 Å². The molecule has 2 aromatic carbocycles. The van der Waals surface area contributed by atoms with Crippen molar-refractivity contribution in [3.63, 3.8) is 0 Å². The third-order valence-corrected chi connectivity index (χ3v) is 7.92. The largest absolute Gasteiger partial charge is 0.398 e. The third kappa shape index (κ3) is 8.79. The van der Waals surface area contributed by atoms with Crippen LogP contribution in [0.3, 0.4) is 0 Å². The Hall–Kier alpha value is -2.88. The summed E-state index contributed by atoms with van der Waals surface area (Å²) in [6.07, 6.45) is 0.739. The maximum atomic E-state index is 12.8. The van der Waals surface area contributed by atoms with Crippen molar-refractivity contribution in [1.29, 1.82) is 0 Å². The molecule has 3 N–H and O–H groups in total. The first-order valence-corrected chi connectivity index (χ1v) is 12.8. The lowest BCUT2D eigenvalue weighted by Gasteiger charge is -2.26. The second kappa shape index (κ2) is 12.7. The van der Waals surface area contributed by atoms with Crippen LogP contribution in [0.15, 0.2) is 60.7 Å². The van der Waals surface area contributed by atoms with Crippen molar-refractivity contribution < 1.29 is 18.4 Å². The van der Waals surface area contributed by atoms with E-state index in [1.54, 1.807) is 19.1 Å². The van der Waals surface area contributed by atoms with Crippen LogP contribution >= 0.6 is 0 Å². The minimum atomic E-state index is -2.20. The highest BCUT2D eigenvalue weighted by atomic mass is 28.4. The molecule has 168 valence electrons. The number of hydrogen-bond donors (Lipinski definition) is 3. The Morgan fingerprint density at radius 2 is 1.42 bits per heavy atom. The first-order chi connectivity index (χ1) is 15.0. The van der Waals surface area contributed by atoms with Gasteiger partial charge in [0.25, 0.3) is 0 Å². The molecule has 0 saturated heterocycles. The molecule has 2 aromatic rings. The van der Waals surface area contributed by atoms with Gasteiger partial charge < -0.3 is 29.7 Å². The van der Waals surface area contributed by atoms with E-state index in [0.29, 0.717) is 25.3 Å². The molecule has 0 unspecified atom stereocenters. The summed E-state index contributed by atoms with van der Waals surface area (Å²) in [4.78, 5) is 26.6. The van der Waals surface area contributed by atoms with Gasteiger partial charge in [0.1, 0.15) is 0 Å². The van der Waals surface area contributed by atoms with Crippen molar-refractivity contribution >= 4 is 32.0 Å². The molecular weight excluding hydrogens is 412 g/mol. The molecule has 4 amide bonds. The number of nitrogens with one attached hydrogen (secondary N) is 3. The SMILES string of the molecule is CO[Si](C)(CCCN(CCNC(=O)Nc1ccccc1)C(=O)Nc1ccccc1)OC. The number of anilines is 2. The number of nitrogens with zero attached hydrogens (tertiary/aromatic N) is 1. The van der Waals surface area contributed by atoms with Gasteiger partial charge in [-0.1, -0.05) is 36.4 Å². The van der Waals surface area contributed by atoms with Crippen molar-refractivity contribution in [3.05, 3.63) is 60.7 Å². The minimum absolute atomic E-state index is 0.213. The molecule has 0 fully saturated rings. The molecule has 0 aliphatic rings. The number of benzene rings is 2. The molecule has 0 atom stereocenters. The number of hydrogen-bond acceptors (Lipinski definition) is 4. The zero-order chi connectivity index (χ0) is 22.5. The lowest BCUT2D eigenvalue weighted by Crippen LogP contribution is -2.43. The predicted molar refractivity (Wildman–Crippen MR) is 126 cm³/mol. The smallest absolute Gasteiger partial charge is 0.334 e. The lowest BCUT2D eigenvalue weighted by molar-refractivity contribution is 0.208. The molecule has 0 aliphatic heterocycles. The van der Waals surface area contributed by atoms with Crippen LogP contribution in [0, 0.1) is 0 Å². The van der Waals surface area contributed by atoms with Crippen molar-refractivity contribution in [1.82, 2.24) is 10.2 Å². The highest BCUT2D eigenvalue weighted by Gasteiger charge is 2.28. The van der Waals surface area contributed by atoms with E-state index in [2.05, 4.69) is 16.0 Å². The Labute approximate surface area is 185 Å². The number of carbonyl (C=O) groups is 2. The van der Waals surface area contributed by atoms with Crippen LogP contribution in [0.4, 0.5) is 21.0 Å². The van der Waals surface area contributed by atoms with Gasteiger partial charge in [-0.25, -0.2) is 9.59 Å². The van der Waals surface area contributed by atoms with E-state index in [0.717, 1.165) is 18.2 Å². The van der Waals surface area contributed by atoms with Gasteiger partial charge in [-0.2, -0.15) is 0 Å². The fourth-order valence-electron chi connectivity index (χ4n) is 2.92. The maximum Gasteiger partial charge on any atom is 0.334 e. The van der Waals surface area contributed by atoms with Gasteiger partial charge in [-0.15, -0.1) is 0 Å². The summed E-state index contributed by atoms with van der Waals surface area (Å²) < 4.78 is 11.1. The highest BCUT2D eigenvalue weighted by molar-refractivity contribution is 6.65. The molecule has 0 radical (unpaired) electrons. The van der Waals surface area contributed by atoms with E-state index in [-0.39, 0.29) is 12.1 Å². The second-order valence-corrected chi connectivity index (χ2v) is 10.8. The van der Waals surface area contributed by atoms with E-state index >= 15 is 0 Å². The standard InChI is InChI=1S/C22H32N4O4Si/c1-29-31(3,30-2)18-10-16-26(22(28)25-20-13-8-5-9-14-20)17-15-23-21(27)24-19-11-6-4-7-12-19/h4-9,11-14H,10,15-18H2,1-3H3,(H,25,28)(H2,23,24,27). The van der Waals surface area contributed by atoms with Gasteiger partial charge in [-0.05, 0) is 43.3 Å². The lowest BCUT2D eigenvalue weighted by atomic mass is 10.3. The maximum absolute atomic E-state index is 12.8. The first-order valence-electron chi connectivity index (χ1n) is 10.3. The van der Waals surface area contributed by atoms with Crippen molar-refractivity contribution in [2.45, 2.75) is 19.0 Å². The van der Waals surface area contributed by atoms with E-state index in [1.165, 1.54) is 0 Å². The zero-order valence-corrected chi connectivity index (χ0v) is 19.4. The van der Waals surface area contributed by atoms with Gasteiger partial charge in [0, 0.05) is 45.2 Å². The van der Waals surface area contributed by atoms with Crippen molar-refractivity contribution in [3.8, 4) is 0 Å². The molecular formula is C22H32N4O4Si. The van der Waals surface area contributed by atoms with Crippen molar-refractivity contribution in [2.24, 2.45) is 0 Å². The van der Waals surface area contributed by atoms with E-state index in [4.69, 9.17) is 8.85 Å². The quantitative estimate of drug-likeness (QED) is 0.455. The molecule has 0 spiro atoms. The van der Waals surface area contributed by atoms with Gasteiger partial charge in [0.2, 0.25) is 0 Å². The third-order valence-electron chi connectivity index (χ3n) is 4.93. The van der Waals surface area contributed by atoms with E-state index in [9.17, 15) is 9.59 Å². The predicted octanol–water partition coefficient (Wildman–Crippen LogP) is 4.10. The Kier molecular flexibility index (Phi) is 10.0. The average Bonchev–Trinajstić information content (AvgIpc) is 2.79. The minimum Gasteiger partial charge on any atom is -0.398 e. The summed E-state index contributed by atoms with van der Waals surface area (Å²) in [7, 11) is 1.11. The molecule has 0 bridgehead atoms. The number of amides is 4. The number of rotatable bonds is 11. The van der Waals surface area contributed by atoms with Crippen LogP contribution in [0.25, 0.3) is 0 Å². The molecule has 8 nitrogen and oxygen atoms in total. The highest BCUT2D eigenvalue weighted by Crippen LogP contribution is 2.15. The summed E-state index contributed by atoms with van der Waals surface area (Å²) in [6, 6.07) is 18.7. The number of carbonyl (C=O) groups excluding carboxylic acids is 2. The fraction of sp³-hybridized carbons (Fsp3) is 0.364. The number of urea groups is 2. The topological polar surface area (TPSA) is 91.9 Å². The van der Waals surface area contributed by atoms with E-state index < -0.39 is 8.56 Å². The summed E-state index contributed by atoms with van der Waals surface area (Å²) in [6.45, 7) is 3.22. The fourth-order valence-corrected chi connectivity index (χ4v) is 4.29. The van der Waals surface area contributed by atoms with Gasteiger partial charge >= 0.3 is 20.6 Å². The van der Waals surface area contributed by atoms with Crippen molar-refractivity contribution in [2.75, 3.05) is 44.5 Å². The Balaban J connectivity index is 1.89.